The molecule has 2 amide bonds. The molecule has 6 rings (SSSR count). The molecule has 0 radical (unpaired) electrons. The molecule has 2 aromatic carbocycles. The largest absolute Gasteiger partial charge is 0.436 e. The van der Waals surface area contributed by atoms with Gasteiger partial charge in [0, 0.05) is 57.6 Å². The minimum Gasteiger partial charge on any atom is -0.436 e. The Morgan fingerprint density at radius 2 is 1.90 bits per heavy atom. The number of aromatic nitrogens is 2. The zero-order valence-electron chi connectivity index (χ0n) is 22.5. The summed E-state index contributed by atoms with van der Waals surface area (Å²) in [5.41, 5.74) is 9.44. The zero-order valence-corrected chi connectivity index (χ0v) is 22.5. The fourth-order valence-corrected chi connectivity index (χ4v) is 5.05. The van der Waals surface area contributed by atoms with E-state index >= 15 is 0 Å². The molecule has 2 aliphatic heterocycles. The smallest absolute Gasteiger partial charge is 0.272 e. The third kappa shape index (κ3) is 5.58. The molecule has 1 saturated heterocycles. The molecule has 4 heterocycles. The van der Waals surface area contributed by atoms with E-state index in [4.69, 9.17) is 4.42 Å². The van der Waals surface area contributed by atoms with Crippen LogP contribution in [0.3, 0.4) is 0 Å². The van der Waals surface area contributed by atoms with Gasteiger partial charge < -0.3 is 14.6 Å². The molecule has 0 spiro atoms. The van der Waals surface area contributed by atoms with E-state index in [0.717, 1.165) is 5.56 Å². The van der Waals surface area contributed by atoms with Crippen LogP contribution in [-0.4, -0.2) is 75.8 Å². The Morgan fingerprint density at radius 3 is 2.63 bits per heavy atom. The van der Waals surface area contributed by atoms with Crippen LogP contribution in [0.2, 0.25) is 0 Å². The number of carbonyl (C=O) groups excluding carboxylic acids is 2. The van der Waals surface area contributed by atoms with Crippen molar-refractivity contribution in [2.45, 2.75) is 13.0 Å². The van der Waals surface area contributed by atoms with Crippen LogP contribution < -0.4 is 16.3 Å². The minimum absolute atomic E-state index is 0.177. The van der Waals surface area contributed by atoms with Crippen LogP contribution in [0.4, 0.5) is 10.1 Å². The van der Waals surface area contributed by atoms with Crippen molar-refractivity contribution in [1.82, 2.24) is 35.8 Å². The van der Waals surface area contributed by atoms with E-state index < -0.39 is 0 Å². The lowest BCUT2D eigenvalue weighted by atomic mass is 10.0. The second kappa shape index (κ2) is 10.9. The molecule has 4 aromatic rings. The van der Waals surface area contributed by atoms with Gasteiger partial charge in [0.25, 0.3) is 5.91 Å². The Bertz CT molecular complexity index is 1650. The maximum Gasteiger partial charge on any atom is 0.272 e. The van der Waals surface area contributed by atoms with E-state index in [1.54, 1.807) is 59.7 Å². The van der Waals surface area contributed by atoms with Gasteiger partial charge in [-0.25, -0.2) is 14.9 Å². The van der Waals surface area contributed by atoms with Gasteiger partial charge in [-0.15, -0.1) is 10.2 Å². The van der Waals surface area contributed by atoms with E-state index in [2.05, 4.69) is 36.2 Å². The molecule has 3 N–H and O–H groups in total. The van der Waals surface area contributed by atoms with Gasteiger partial charge in [0.1, 0.15) is 17.0 Å². The summed E-state index contributed by atoms with van der Waals surface area (Å²) in [6, 6.07) is 14.8. The van der Waals surface area contributed by atoms with Gasteiger partial charge in [-0.05, 0) is 48.0 Å². The lowest BCUT2D eigenvalue weighted by Crippen LogP contribution is -2.52. The quantitative estimate of drug-likeness (QED) is 0.328. The van der Waals surface area contributed by atoms with Crippen LogP contribution in [-0.2, 0) is 4.79 Å². The highest BCUT2D eigenvalue weighted by Gasteiger charge is 2.33. The third-order valence-electron chi connectivity index (χ3n) is 6.93. The van der Waals surface area contributed by atoms with E-state index in [9.17, 15) is 14.0 Å². The van der Waals surface area contributed by atoms with Gasteiger partial charge in [-0.2, -0.15) is 0 Å². The summed E-state index contributed by atoms with van der Waals surface area (Å²) in [4.78, 5) is 37.6. The maximum atomic E-state index is 14.1. The number of oxazole rings is 1. The summed E-state index contributed by atoms with van der Waals surface area (Å²) in [7, 11) is 1.79. The Labute approximate surface area is 234 Å². The standard InChI is InChI=1S/C28H28FN9O3/c1-17(39)31-21-6-7-24-22(16-21)32-27(41-24)19-8-9-30-23(15-19)28(40)38-12-10-37(11-13-38)25(26-33-35-36(2)34-26)18-4-3-5-20(29)14-18/h3-9,14-16,25,35H,10-13H2,1-2H3,(H,31,39)(H,33,34)/t25-/m1/s1. The van der Waals surface area contributed by atoms with Crippen molar-refractivity contribution in [3.63, 3.8) is 0 Å². The number of nitrogens with one attached hydrogen (secondary N) is 3. The minimum atomic E-state index is -0.320. The number of amides is 2. The summed E-state index contributed by atoms with van der Waals surface area (Å²) in [6.07, 6.45) is 1.56. The third-order valence-corrected chi connectivity index (χ3v) is 6.93. The fourth-order valence-electron chi connectivity index (χ4n) is 5.05. The number of hydrazone groups is 1. The van der Waals surface area contributed by atoms with Gasteiger partial charge in [0.2, 0.25) is 11.8 Å². The number of benzene rings is 2. The number of halogens is 1. The molecule has 0 bridgehead atoms. The number of fused-ring (bicyclic) bond motifs is 1. The maximum absolute atomic E-state index is 14.1. The van der Waals surface area contributed by atoms with Gasteiger partial charge >= 0.3 is 0 Å². The van der Waals surface area contributed by atoms with Crippen molar-refractivity contribution in [1.29, 1.82) is 0 Å². The van der Waals surface area contributed by atoms with E-state index in [-0.39, 0.29) is 29.4 Å². The number of amidine groups is 1. The first-order valence-corrected chi connectivity index (χ1v) is 13.1. The molecule has 2 aliphatic rings. The van der Waals surface area contributed by atoms with Gasteiger partial charge in [0.05, 0.1) is 6.04 Å². The topological polar surface area (TPSA) is 131 Å². The van der Waals surface area contributed by atoms with E-state index in [1.165, 1.54) is 19.1 Å². The average Bonchev–Trinajstić information content (AvgIpc) is 3.59. The predicted octanol–water partition coefficient (Wildman–Crippen LogP) is 2.75. The molecule has 210 valence electrons. The van der Waals surface area contributed by atoms with Crippen molar-refractivity contribution < 1.29 is 18.4 Å². The van der Waals surface area contributed by atoms with Crippen LogP contribution in [0.25, 0.3) is 22.6 Å². The highest BCUT2D eigenvalue weighted by Crippen LogP contribution is 2.28. The van der Waals surface area contributed by atoms with Gasteiger partial charge in [0.15, 0.2) is 11.4 Å². The summed E-state index contributed by atoms with van der Waals surface area (Å²) in [5, 5.41) is 8.72. The number of piperazine rings is 1. The lowest BCUT2D eigenvalue weighted by molar-refractivity contribution is -0.114. The fraction of sp³-hybridized carbons (Fsp3) is 0.250. The molecule has 1 atom stereocenters. The number of hydrogen-bond acceptors (Lipinski definition) is 10. The first-order chi connectivity index (χ1) is 19.8. The van der Waals surface area contributed by atoms with Crippen LogP contribution in [0.15, 0.2) is 70.3 Å². The van der Waals surface area contributed by atoms with Gasteiger partial charge in [-0.3, -0.25) is 24.9 Å². The first kappa shape index (κ1) is 26.3. The molecule has 41 heavy (non-hydrogen) atoms. The van der Waals surface area contributed by atoms with Gasteiger partial charge in [-0.1, -0.05) is 12.1 Å². The van der Waals surface area contributed by atoms with Crippen molar-refractivity contribution in [2.24, 2.45) is 5.10 Å². The van der Waals surface area contributed by atoms with Crippen molar-refractivity contribution in [3.05, 3.63) is 77.9 Å². The Hall–Kier alpha value is -4.88. The molecular weight excluding hydrogens is 529 g/mol. The lowest BCUT2D eigenvalue weighted by Gasteiger charge is -2.39. The monoisotopic (exact) mass is 557 g/mol. The number of hydrogen-bond donors (Lipinski definition) is 3. The number of hydrazine groups is 2. The molecular formula is C28H28FN9O3. The highest BCUT2D eigenvalue weighted by atomic mass is 19.1. The van der Waals surface area contributed by atoms with Crippen LogP contribution in [0.5, 0.6) is 0 Å². The number of nitrogens with zero attached hydrogens (tertiary/aromatic N) is 6. The summed E-state index contributed by atoms with van der Waals surface area (Å²) < 4.78 is 20.0. The van der Waals surface area contributed by atoms with Crippen molar-refractivity contribution >= 4 is 34.4 Å². The number of pyridine rings is 1. The Morgan fingerprint density at radius 1 is 1.07 bits per heavy atom. The van der Waals surface area contributed by atoms with Crippen LogP contribution >= 0.6 is 0 Å². The first-order valence-electron chi connectivity index (χ1n) is 13.1. The average molecular weight is 558 g/mol. The molecule has 1 fully saturated rings. The normalized spacial score (nSPS) is 16.7. The molecule has 0 unspecified atom stereocenters. The molecule has 2 aromatic heterocycles. The second-order valence-electron chi connectivity index (χ2n) is 9.87. The molecule has 0 saturated carbocycles. The van der Waals surface area contributed by atoms with Crippen LogP contribution in [0, 0.1) is 5.82 Å². The predicted molar refractivity (Wildman–Crippen MR) is 150 cm³/mol. The number of anilines is 1. The Kier molecular flexibility index (Phi) is 7.03. The molecule has 13 heteroatoms. The second-order valence-corrected chi connectivity index (χ2v) is 9.87. The van der Waals surface area contributed by atoms with Crippen molar-refractivity contribution in [3.8, 4) is 11.5 Å². The number of rotatable bonds is 6. The summed E-state index contributed by atoms with van der Waals surface area (Å²) in [5.74, 6) is 0.302. The summed E-state index contributed by atoms with van der Waals surface area (Å²) >= 11 is 0. The Balaban J connectivity index is 1.17. The van der Waals surface area contributed by atoms with Crippen LogP contribution in [0.1, 0.15) is 29.0 Å². The molecule has 0 aliphatic carbocycles. The number of carbonyl (C=O) groups is 2. The SMILES string of the molecule is CC(=O)Nc1ccc2oc(-c3ccnc(C(=O)N4CCN([C@@H](C5=NNN(C)N5)c5cccc(F)c5)CC4)c3)nc2c1. The zero-order chi connectivity index (χ0) is 28.5. The van der Waals surface area contributed by atoms with E-state index in [0.29, 0.717) is 60.3 Å². The van der Waals surface area contributed by atoms with E-state index in [1.807, 2.05) is 6.07 Å². The highest BCUT2D eigenvalue weighted by molar-refractivity contribution is 5.94. The summed E-state index contributed by atoms with van der Waals surface area (Å²) in [6.45, 7) is 3.47. The van der Waals surface area contributed by atoms with Crippen molar-refractivity contribution in [2.75, 3.05) is 38.5 Å². The molecule has 12 nitrogen and oxygen atoms in total.